The molecule has 0 aromatic heterocycles. The van der Waals surface area contributed by atoms with Crippen molar-refractivity contribution in [1.82, 2.24) is 10.2 Å². The second kappa shape index (κ2) is 4.43. The predicted octanol–water partition coefficient (Wildman–Crippen LogP) is 1.16. The molecule has 0 saturated carbocycles. The molecule has 3 nitrogen and oxygen atoms in total. The third-order valence-corrected chi connectivity index (χ3v) is 4.11. The Morgan fingerprint density at radius 2 is 2.43 bits per heavy atom. The first-order valence-electron chi connectivity index (χ1n) is 5.39. The van der Waals surface area contributed by atoms with Crippen molar-refractivity contribution in [2.24, 2.45) is 4.99 Å². The highest BCUT2D eigenvalue weighted by molar-refractivity contribution is 7.99. The minimum atomic E-state index is 0.517. The van der Waals surface area contributed by atoms with Gasteiger partial charge in [0.25, 0.3) is 0 Å². The standard InChI is InChI=1S/C10H19N3S/c1-8-6-11-10(12-8)13(2)9-4-3-5-14-7-9/h8-9H,3-7H2,1-2H3,(H,11,12). The summed E-state index contributed by atoms with van der Waals surface area (Å²) in [6.07, 6.45) is 2.67. The summed E-state index contributed by atoms with van der Waals surface area (Å²) < 4.78 is 0. The summed E-state index contributed by atoms with van der Waals surface area (Å²) in [6, 6.07) is 1.20. The Hall–Kier alpha value is -0.380. The van der Waals surface area contributed by atoms with Crippen molar-refractivity contribution in [3.05, 3.63) is 0 Å². The number of nitrogens with one attached hydrogen (secondary N) is 1. The molecule has 2 heterocycles. The zero-order valence-electron chi connectivity index (χ0n) is 8.99. The van der Waals surface area contributed by atoms with E-state index < -0.39 is 0 Å². The van der Waals surface area contributed by atoms with Crippen LogP contribution in [0, 0.1) is 0 Å². The Bertz CT molecular complexity index is 223. The van der Waals surface area contributed by atoms with Gasteiger partial charge in [-0.05, 0) is 25.5 Å². The minimum Gasteiger partial charge on any atom is -0.352 e. The zero-order chi connectivity index (χ0) is 9.97. The molecule has 0 bridgehead atoms. The first-order chi connectivity index (χ1) is 6.77. The van der Waals surface area contributed by atoms with Crippen LogP contribution in [0.25, 0.3) is 0 Å². The Morgan fingerprint density at radius 3 is 3.00 bits per heavy atom. The average Bonchev–Trinajstić information content (AvgIpc) is 2.65. The van der Waals surface area contributed by atoms with Crippen LogP contribution in [-0.2, 0) is 0 Å². The van der Waals surface area contributed by atoms with Crippen LogP contribution < -0.4 is 5.32 Å². The quantitative estimate of drug-likeness (QED) is 0.708. The third kappa shape index (κ3) is 2.16. The SMILES string of the molecule is CC1CN=C(N(C)C2CCCSC2)N1. The van der Waals surface area contributed by atoms with Crippen LogP contribution in [0.3, 0.4) is 0 Å². The van der Waals surface area contributed by atoms with Gasteiger partial charge in [0.05, 0.1) is 6.54 Å². The van der Waals surface area contributed by atoms with E-state index in [1.807, 2.05) is 0 Å². The van der Waals surface area contributed by atoms with Gasteiger partial charge in [0.1, 0.15) is 0 Å². The second-order valence-electron chi connectivity index (χ2n) is 4.19. The monoisotopic (exact) mass is 213 g/mol. The Morgan fingerprint density at radius 1 is 1.57 bits per heavy atom. The van der Waals surface area contributed by atoms with E-state index in [2.05, 4.69) is 40.9 Å². The molecule has 0 amide bonds. The van der Waals surface area contributed by atoms with Gasteiger partial charge in [-0.3, -0.25) is 4.99 Å². The number of guanidine groups is 1. The molecule has 1 saturated heterocycles. The first kappa shape index (κ1) is 10.1. The summed E-state index contributed by atoms with van der Waals surface area (Å²) in [5, 5.41) is 3.42. The van der Waals surface area contributed by atoms with Crippen molar-refractivity contribution in [2.75, 3.05) is 25.1 Å². The van der Waals surface area contributed by atoms with Crippen LogP contribution in [0.5, 0.6) is 0 Å². The predicted molar refractivity (Wildman–Crippen MR) is 63.0 cm³/mol. The van der Waals surface area contributed by atoms with E-state index in [1.54, 1.807) is 0 Å². The largest absolute Gasteiger partial charge is 0.352 e. The first-order valence-corrected chi connectivity index (χ1v) is 6.54. The summed E-state index contributed by atoms with van der Waals surface area (Å²) in [7, 11) is 2.17. The molecule has 1 N–H and O–H groups in total. The molecule has 1 fully saturated rings. The molecule has 0 aromatic carbocycles. The minimum absolute atomic E-state index is 0.517. The lowest BCUT2D eigenvalue weighted by molar-refractivity contribution is 0.358. The number of hydrogen-bond donors (Lipinski definition) is 1. The van der Waals surface area contributed by atoms with Gasteiger partial charge >= 0.3 is 0 Å². The van der Waals surface area contributed by atoms with Crippen LogP contribution >= 0.6 is 11.8 Å². The molecule has 14 heavy (non-hydrogen) atoms. The number of nitrogens with zero attached hydrogens (tertiary/aromatic N) is 2. The number of rotatable bonds is 1. The van der Waals surface area contributed by atoms with E-state index in [9.17, 15) is 0 Å². The van der Waals surface area contributed by atoms with Crippen molar-refractivity contribution >= 4 is 17.7 Å². The fraction of sp³-hybridized carbons (Fsp3) is 0.900. The topological polar surface area (TPSA) is 27.6 Å². The normalized spacial score (nSPS) is 32.3. The third-order valence-electron chi connectivity index (χ3n) is 2.91. The molecule has 2 unspecified atom stereocenters. The molecule has 0 radical (unpaired) electrons. The molecule has 2 rings (SSSR count). The molecule has 80 valence electrons. The summed E-state index contributed by atoms with van der Waals surface area (Å²) >= 11 is 2.07. The zero-order valence-corrected chi connectivity index (χ0v) is 9.81. The highest BCUT2D eigenvalue weighted by Crippen LogP contribution is 2.21. The smallest absolute Gasteiger partial charge is 0.194 e. The van der Waals surface area contributed by atoms with Gasteiger partial charge in [-0.1, -0.05) is 0 Å². The van der Waals surface area contributed by atoms with Crippen molar-refractivity contribution in [3.8, 4) is 0 Å². The molecule has 2 atom stereocenters. The Kier molecular flexibility index (Phi) is 3.21. The van der Waals surface area contributed by atoms with Gasteiger partial charge in [0.2, 0.25) is 0 Å². The molecule has 2 aliphatic rings. The van der Waals surface area contributed by atoms with Gasteiger partial charge in [-0.25, -0.2) is 0 Å². The fourth-order valence-corrected chi connectivity index (χ4v) is 3.15. The van der Waals surface area contributed by atoms with E-state index in [0.29, 0.717) is 12.1 Å². The maximum absolute atomic E-state index is 4.51. The van der Waals surface area contributed by atoms with Crippen LogP contribution in [0.15, 0.2) is 4.99 Å². The number of thioether (sulfide) groups is 1. The van der Waals surface area contributed by atoms with Gasteiger partial charge in [0, 0.05) is 24.9 Å². The summed E-state index contributed by atoms with van der Waals surface area (Å²) in [5.74, 6) is 3.69. The van der Waals surface area contributed by atoms with Crippen LogP contribution in [0.4, 0.5) is 0 Å². The van der Waals surface area contributed by atoms with Crippen molar-refractivity contribution in [2.45, 2.75) is 31.8 Å². The van der Waals surface area contributed by atoms with Gasteiger partial charge in [-0.15, -0.1) is 0 Å². The van der Waals surface area contributed by atoms with E-state index >= 15 is 0 Å². The summed E-state index contributed by atoms with van der Waals surface area (Å²) in [6.45, 7) is 3.11. The summed E-state index contributed by atoms with van der Waals surface area (Å²) in [5.41, 5.74) is 0. The molecular weight excluding hydrogens is 194 g/mol. The molecule has 2 aliphatic heterocycles. The lowest BCUT2D eigenvalue weighted by Crippen LogP contribution is -2.46. The second-order valence-corrected chi connectivity index (χ2v) is 5.34. The maximum Gasteiger partial charge on any atom is 0.194 e. The van der Waals surface area contributed by atoms with Crippen LogP contribution in [0.2, 0.25) is 0 Å². The lowest BCUT2D eigenvalue weighted by Gasteiger charge is -2.32. The highest BCUT2D eigenvalue weighted by atomic mass is 32.2. The molecule has 0 aromatic rings. The van der Waals surface area contributed by atoms with E-state index in [0.717, 1.165) is 12.5 Å². The summed E-state index contributed by atoms with van der Waals surface area (Å²) in [4.78, 5) is 6.84. The number of hydrogen-bond acceptors (Lipinski definition) is 4. The van der Waals surface area contributed by atoms with Crippen LogP contribution in [-0.4, -0.2) is 48.0 Å². The van der Waals surface area contributed by atoms with Gasteiger partial charge < -0.3 is 10.2 Å². The maximum atomic E-state index is 4.51. The van der Waals surface area contributed by atoms with Gasteiger partial charge in [0.15, 0.2) is 5.96 Å². The fourth-order valence-electron chi connectivity index (χ4n) is 1.95. The van der Waals surface area contributed by atoms with Crippen molar-refractivity contribution in [3.63, 3.8) is 0 Å². The van der Waals surface area contributed by atoms with Gasteiger partial charge in [-0.2, -0.15) is 11.8 Å². The molecule has 0 aliphatic carbocycles. The molecule has 4 heteroatoms. The van der Waals surface area contributed by atoms with Crippen molar-refractivity contribution in [1.29, 1.82) is 0 Å². The molecular formula is C10H19N3S. The Labute approximate surface area is 90.3 Å². The van der Waals surface area contributed by atoms with E-state index in [-0.39, 0.29) is 0 Å². The average molecular weight is 213 g/mol. The number of aliphatic imine (C=N–C) groups is 1. The lowest BCUT2D eigenvalue weighted by atomic mass is 10.1. The Balaban J connectivity index is 1.90. The van der Waals surface area contributed by atoms with E-state index in [4.69, 9.17) is 0 Å². The van der Waals surface area contributed by atoms with E-state index in [1.165, 1.54) is 24.3 Å². The molecule has 0 spiro atoms. The highest BCUT2D eigenvalue weighted by Gasteiger charge is 2.24. The van der Waals surface area contributed by atoms with Crippen LogP contribution in [0.1, 0.15) is 19.8 Å². The van der Waals surface area contributed by atoms with Crippen molar-refractivity contribution < 1.29 is 0 Å².